The van der Waals surface area contributed by atoms with Crippen molar-refractivity contribution >= 4 is 5.96 Å². The zero-order valence-corrected chi connectivity index (χ0v) is 13.0. The zero-order chi connectivity index (χ0) is 15.6. The highest BCUT2D eigenvalue weighted by molar-refractivity contribution is 5.79. The number of hydrogen-bond acceptors (Lipinski definition) is 4. The van der Waals surface area contributed by atoms with Crippen LogP contribution in [0.4, 0.5) is 0 Å². The van der Waals surface area contributed by atoms with Crippen molar-refractivity contribution in [3.05, 3.63) is 29.8 Å². The lowest BCUT2D eigenvalue weighted by atomic mass is 10.2. The maximum Gasteiger partial charge on any atom is 0.191 e. The molecule has 3 N–H and O–H groups in total. The quantitative estimate of drug-likeness (QED) is 0.402. The number of nitrogens with one attached hydrogen (secondary N) is 2. The summed E-state index contributed by atoms with van der Waals surface area (Å²) >= 11 is 0. The molecule has 6 heteroatoms. The van der Waals surface area contributed by atoms with Crippen LogP contribution in [0.1, 0.15) is 18.4 Å². The number of methoxy groups -OCH3 is 1. The number of aromatic hydroxyl groups is 1. The first-order valence-electron chi connectivity index (χ1n) is 7.69. The second kappa shape index (κ2) is 9.27. The summed E-state index contributed by atoms with van der Waals surface area (Å²) in [6.45, 7) is 3.28. The highest BCUT2D eigenvalue weighted by Gasteiger charge is 2.15. The molecule has 1 aliphatic heterocycles. The van der Waals surface area contributed by atoms with Crippen LogP contribution >= 0.6 is 0 Å². The predicted octanol–water partition coefficient (Wildman–Crippen LogP) is 1.25. The maximum atomic E-state index is 9.79. The second-order valence-electron chi connectivity index (χ2n) is 5.23. The third-order valence-electron chi connectivity index (χ3n) is 3.52. The summed E-state index contributed by atoms with van der Waals surface area (Å²) in [5, 5.41) is 16.3. The molecule has 1 aliphatic rings. The first-order chi connectivity index (χ1) is 10.8. The third-order valence-corrected chi connectivity index (χ3v) is 3.52. The number of guanidine groups is 1. The fourth-order valence-electron chi connectivity index (χ4n) is 2.27. The minimum atomic E-state index is 0.250. The SMILES string of the molecule is COCCNC(=NCc1ccccc1O)NCC1CCCO1. The topological polar surface area (TPSA) is 75.1 Å². The lowest BCUT2D eigenvalue weighted by Crippen LogP contribution is -2.42. The molecular weight excluding hydrogens is 282 g/mol. The fraction of sp³-hybridized carbons (Fsp3) is 0.562. The van der Waals surface area contributed by atoms with Crippen LogP contribution < -0.4 is 10.6 Å². The van der Waals surface area contributed by atoms with Gasteiger partial charge in [-0.3, -0.25) is 0 Å². The minimum Gasteiger partial charge on any atom is -0.508 e. The van der Waals surface area contributed by atoms with Gasteiger partial charge in [-0.15, -0.1) is 0 Å². The van der Waals surface area contributed by atoms with E-state index in [4.69, 9.17) is 9.47 Å². The Morgan fingerprint density at radius 3 is 3.00 bits per heavy atom. The van der Waals surface area contributed by atoms with Crippen molar-refractivity contribution in [2.75, 3.05) is 33.4 Å². The van der Waals surface area contributed by atoms with Crippen LogP contribution in [0.2, 0.25) is 0 Å². The third kappa shape index (κ3) is 5.54. The van der Waals surface area contributed by atoms with Gasteiger partial charge in [0.1, 0.15) is 5.75 Å². The monoisotopic (exact) mass is 307 g/mol. The Morgan fingerprint density at radius 1 is 1.41 bits per heavy atom. The van der Waals surface area contributed by atoms with E-state index in [0.29, 0.717) is 25.7 Å². The zero-order valence-electron chi connectivity index (χ0n) is 13.0. The average molecular weight is 307 g/mol. The summed E-state index contributed by atoms with van der Waals surface area (Å²) in [5.41, 5.74) is 0.799. The number of ether oxygens (including phenoxy) is 2. The molecule has 0 amide bonds. The highest BCUT2D eigenvalue weighted by Crippen LogP contribution is 2.16. The molecule has 1 unspecified atom stereocenters. The van der Waals surface area contributed by atoms with Crippen LogP contribution in [0, 0.1) is 0 Å². The van der Waals surface area contributed by atoms with Crippen molar-refractivity contribution in [2.45, 2.75) is 25.5 Å². The molecule has 2 rings (SSSR count). The molecule has 1 aromatic carbocycles. The van der Waals surface area contributed by atoms with Gasteiger partial charge in [0.15, 0.2) is 5.96 Å². The molecule has 1 atom stereocenters. The second-order valence-corrected chi connectivity index (χ2v) is 5.23. The molecule has 0 radical (unpaired) electrons. The van der Waals surface area contributed by atoms with Gasteiger partial charge < -0.3 is 25.2 Å². The van der Waals surface area contributed by atoms with E-state index in [1.54, 1.807) is 19.2 Å². The van der Waals surface area contributed by atoms with E-state index in [0.717, 1.165) is 31.6 Å². The summed E-state index contributed by atoms with van der Waals surface area (Å²) in [4.78, 5) is 4.51. The summed E-state index contributed by atoms with van der Waals surface area (Å²) in [5.74, 6) is 0.970. The summed E-state index contributed by atoms with van der Waals surface area (Å²) < 4.78 is 10.6. The van der Waals surface area contributed by atoms with E-state index in [1.165, 1.54) is 0 Å². The summed E-state index contributed by atoms with van der Waals surface area (Å²) in [6.07, 6.45) is 2.45. The first-order valence-corrected chi connectivity index (χ1v) is 7.69. The molecule has 0 spiro atoms. The van der Waals surface area contributed by atoms with Gasteiger partial charge in [-0.05, 0) is 18.9 Å². The Morgan fingerprint density at radius 2 is 2.27 bits per heavy atom. The number of benzene rings is 1. The largest absolute Gasteiger partial charge is 0.508 e. The molecule has 1 aromatic rings. The van der Waals surface area contributed by atoms with E-state index in [-0.39, 0.29) is 11.9 Å². The van der Waals surface area contributed by atoms with Crippen molar-refractivity contribution in [1.29, 1.82) is 0 Å². The fourth-order valence-corrected chi connectivity index (χ4v) is 2.27. The molecule has 1 saturated heterocycles. The number of rotatable bonds is 7. The Hall–Kier alpha value is -1.79. The summed E-state index contributed by atoms with van der Waals surface area (Å²) in [6, 6.07) is 7.23. The van der Waals surface area contributed by atoms with Gasteiger partial charge in [-0.1, -0.05) is 18.2 Å². The normalized spacial score (nSPS) is 18.4. The number of phenols is 1. The van der Waals surface area contributed by atoms with Crippen LogP contribution in [-0.2, 0) is 16.0 Å². The number of para-hydroxylation sites is 1. The van der Waals surface area contributed by atoms with Gasteiger partial charge in [0, 0.05) is 32.4 Å². The molecule has 6 nitrogen and oxygen atoms in total. The standard InChI is InChI=1S/C16H25N3O3/c1-21-10-8-17-16(19-12-14-6-4-9-22-14)18-11-13-5-2-3-7-15(13)20/h2-3,5,7,14,20H,4,6,8-12H2,1H3,(H2,17,18,19). The van der Waals surface area contributed by atoms with Crippen LogP contribution in [0.15, 0.2) is 29.3 Å². The van der Waals surface area contributed by atoms with E-state index >= 15 is 0 Å². The number of phenolic OH excluding ortho intramolecular Hbond substituents is 1. The average Bonchev–Trinajstić information content (AvgIpc) is 3.04. The number of aliphatic imine (C=N–C) groups is 1. The number of hydrogen-bond donors (Lipinski definition) is 3. The molecular formula is C16H25N3O3. The van der Waals surface area contributed by atoms with Crippen molar-refractivity contribution < 1.29 is 14.6 Å². The molecule has 0 bridgehead atoms. The van der Waals surface area contributed by atoms with E-state index in [2.05, 4.69) is 15.6 Å². The van der Waals surface area contributed by atoms with Crippen LogP contribution in [0.5, 0.6) is 5.75 Å². The van der Waals surface area contributed by atoms with E-state index < -0.39 is 0 Å². The maximum absolute atomic E-state index is 9.79. The van der Waals surface area contributed by atoms with Gasteiger partial charge in [-0.25, -0.2) is 4.99 Å². The van der Waals surface area contributed by atoms with Crippen molar-refractivity contribution in [1.82, 2.24) is 10.6 Å². The molecule has 1 fully saturated rings. The van der Waals surface area contributed by atoms with Crippen molar-refractivity contribution in [3.8, 4) is 5.75 Å². The molecule has 122 valence electrons. The van der Waals surface area contributed by atoms with Gasteiger partial charge >= 0.3 is 0 Å². The molecule has 1 heterocycles. The number of nitrogens with zero attached hydrogens (tertiary/aromatic N) is 1. The van der Waals surface area contributed by atoms with E-state index in [9.17, 15) is 5.11 Å². The molecule has 0 aliphatic carbocycles. The van der Waals surface area contributed by atoms with Crippen molar-refractivity contribution in [2.24, 2.45) is 4.99 Å². The lowest BCUT2D eigenvalue weighted by Gasteiger charge is -2.15. The van der Waals surface area contributed by atoms with Gasteiger partial charge in [-0.2, -0.15) is 0 Å². The first kappa shape index (κ1) is 16.6. The molecule has 0 aromatic heterocycles. The van der Waals surface area contributed by atoms with Crippen molar-refractivity contribution in [3.63, 3.8) is 0 Å². The summed E-state index contributed by atoms with van der Waals surface area (Å²) in [7, 11) is 1.67. The van der Waals surface area contributed by atoms with Crippen LogP contribution in [0.3, 0.4) is 0 Å². The lowest BCUT2D eigenvalue weighted by molar-refractivity contribution is 0.113. The highest BCUT2D eigenvalue weighted by atomic mass is 16.5. The molecule has 22 heavy (non-hydrogen) atoms. The van der Waals surface area contributed by atoms with Gasteiger partial charge in [0.25, 0.3) is 0 Å². The van der Waals surface area contributed by atoms with Crippen LogP contribution in [0.25, 0.3) is 0 Å². The minimum absolute atomic E-state index is 0.250. The smallest absolute Gasteiger partial charge is 0.191 e. The van der Waals surface area contributed by atoms with E-state index in [1.807, 2.05) is 12.1 Å². The Balaban J connectivity index is 1.89. The predicted molar refractivity (Wildman–Crippen MR) is 86.1 cm³/mol. The Labute approximate surface area is 131 Å². The Kier molecular flexibility index (Phi) is 6.99. The Bertz CT molecular complexity index is 473. The van der Waals surface area contributed by atoms with Gasteiger partial charge in [0.05, 0.1) is 19.3 Å². The van der Waals surface area contributed by atoms with Gasteiger partial charge in [0.2, 0.25) is 0 Å². The molecule has 0 saturated carbocycles. The van der Waals surface area contributed by atoms with Crippen LogP contribution in [-0.4, -0.2) is 50.6 Å².